The largest absolute Gasteiger partial charge is 0.487 e. The van der Waals surface area contributed by atoms with Gasteiger partial charge in [-0.25, -0.2) is 4.98 Å². The van der Waals surface area contributed by atoms with E-state index in [1.54, 1.807) is 12.1 Å². The maximum Gasteiger partial charge on any atom is 0.251 e. The molecule has 0 spiro atoms. The third kappa shape index (κ3) is 4.07. The second kappa shape index (κ2) is 7.66. The molecular formula is C20H20N2O3. The molecule has 1 heterocycles. The lowest BCUT2D eigenvalue weighted by Crippen LogP contribution is -2.22. The Labute approximate surface area is 146 Å². The molecule has 3 rings (SSSR count). The third-order valence-electron chi connectivity index (χ3n) is 3.74. The number of hydrogen-bond donors (Lipinski definition) is 1. The summed E-state index contributed by atoms with van der Waals surface area (Å²) < 4.78 is 11.5. The van der Waals surface area contributed by atoms with Crippen LogP contribution >= 0.6 is 0 Å². The van der Waals surface area contributed by atoms with E-state index < -0.39 is 0 Å². The van der Waals surface area contributed by atoms with Gasteiger partial charge in [-0.2, -0.15) is 0 Å². The molecule has 0 aliphatic rings. The summed E-state index contributed by atoms with van der Waals surface area (Å²) in [7, 11) is 0. The molecule has 0 aliphatic heterocycles. The van der Waals surface area contributed by atoms with E-state index in [0.29, 0.717) is 24.6 Å². The number of amides is 1. The number of oxazole rings is 1. The second-order valence-electron chi connectivity index (χ2n) is 5.56. The standard InChI is InChI=1S/C20H20N2O3/c1-3-21-19(23)15-9-11-16(12-10-15)20-22-18(14(2)25-20)13-24-17-7-5-4-6-8-17/h4-12H,3,13H2,1-2H3,(H,21,23). The van der Waals surface area contributed by atoms with E-state index in [1.807, 2.05) is 56.3 Å². The van der Waals surface area contributed by atoms with Gasteiger partial charge in [0, 0.05) is 17.7 Å². The Morgan fingerprint density at radius 1 is 1.12 bits per heavy atom. The highest BCUT2D eigenvalue weighted by atomic mass is 16.5. The zero-order valence-corrected chi connectivity index (χ0v) is 14.3. The minimum Gasteiger partial charge on any atom is -0.487 e. The van der Waals surface area contributed by atoms with Crippen molar-refractivity contribution < 1.29 is 13.9 Å². The highest BCUT2D eigenvalue weighted by Crippen LogP contribution is 2.23. The van der Waals surface area contributed by atoms with Gasteiger partial charge in [0.25, 0.3) is 5.91 Å². The fourth-order valence-electron chi connectivity index (χ4n) is 2.38. The van der Waals surface area contributed by atoms with Gasteiger partial charge in [0.15, 0.2) is 0 Å². The van der Waals surface area contributed by atoms with Crippen molar-refractivity contribution >= 4 is 5.91 Å². The molecule has 3 aromatic rings. The van der Waals surface area contributed by atoms with E-state index in [1.165, 1.54) is 0 Å². The van der Waals surface area contributed by atoms with Gasteiger partial charge in [0.2, 0.25) is 5.89 Å². The van der Waals surface area contributed by atoms with E-state index in [2.05, 4.69) is 10.3 Å². The van der Waals surface area contributed by atoms with Gasteiger partial charge < -0.3 is 14.5 Å². The van der Waals surface area contributed by atoms with Gasteiger partial charge in [-0.15, -0.1) is 0 Å². The number of carbonyl (C=O) groups is 1. The minimum absolute atomic E-state index is 0.0883. The first-order valence-electron chi connectivity index (χ1n) is 8.20. The van der Waals surface area contributed by atoms with Crippen molar-refractivity contribution in [1.29, 1.82) is 0 Å². The van der Waals surface area contributed by atoms with Crippen molar-refractivity contribution in [1.82, 2.24) is 10.3 Å². The van der Waals surface area contributed by atoms with E-state index in [-0.39, 0.29) is 5.91 Å². The van der Waals surface area contributed by atoms with Crippen molar-refractivity contribution in [2.24, 2.45) is 0 Å². The first-order chi connectivity index (χ1) is 12.2. The van der Waals surface area contributed by atoms with E-state index in [4.69, 9.17) is 9.15 Å². The molecule has 0 saturated carbocycles. The zero-order chi connectivity index (χ0) is 17.6. The van der Waals surface area contributed by atoms with Crippen LogP contribution in [0.2, 0.25) is 0 Å². The molecule has 1 aromatic heterocycles. The Morgan fingerprint density at radius 2 is 1.84 bits per heavy atom. The van der Waals surface area contributed by atoms with Crippen LogP contribution in [0.15, 0.2) is 59.0 Å². The summed E-state index contributed by atoms with van der Waals surface area (Å²) in [6.45, 7) is 4.70. The van der Waals surface area contributed by atoms with Crippen LogP contribution in [0, 0.1) is 6.92 Å². The van der Waals surface area contributed by atoms with E-state index in [9.17, 15) is 4.79 Å². The number of nitrogens with one attached hydrogen (secondary N) is 1. The molecule has 0 radical (unpaired) electrons. The van der Waals surface area contributed by atoms with Crippen LogP contribution in [0.25, 0.3) is 11.5 Å². The summed E-state index contributed by atoms with van der Waals surface area (Å²) in [5.74, 6) is 1.94. The first kappa shape index (κ1) is 16.8. The fourth-order valence-corrected chi connectivity index (χ4v) is 2.38. The molecule has 0 bridgehead atoms. The summed E-state index contributed by atoms with van der Waals surface area (Å²) in [4.78, 5) is 16.3. The van der Waals surface area contributed by atoms with Crippen LogP contribution in [-0.2, 0) is 6.61 Å². The Morgan fingerprint density at radius 3 is 2.52 bits per heavy atom. The van der Waals surface area contributed by atoms with Crippen LogP contribution in [0.4, 0.5) is 0 Å². The lowest BCUT2D eigenvalue weighted by molar-refractivity contribution is 0.0956. The smallest absolute Gasteiger partial charge is 0.251 e. The zero-order valence-electron chi connectivity index (χ0n) is 14.3. The van der Waals surface area contributed by atoms with Gasteiger partial charge in [0.1, 0.15) is 23.8 Å². The van der Waals surface area contributed by atoms with Gasteiger partial charge in [0.05, 0.1) is 0 Å². The van der Waals surface area contributed by atoms with Crippen LogP contribution in [-0.4, -0.2) is 17.4 Å². The molecule has 0 aliphatic carbocycles. The quantitative estimate of drug-likeness (QED) is 0.739. The number of ether oxygens (including phenoxy) is 1. The number of benzene rings is 2. The van der Waals surface area contributed by atoms with Gasteiger partial charge >= 0.3 is 0 Å². The number of hydrogen-bond acceptors (Lipinski definition) is 4. The van der Waals surface area contributed by atoms with Crippen LogP contribution in [0.1, 0.15) is 28.7 Å². The number of aryl methyl sites for hydroxylation is 1. The SMILES string of the molecule is CCNC(=O)c1ccc(-c2nc(COc3ccccc3)c(C)o2)cc1. The number of rotatable bonds is 6. The maximum atomic E-state index is 11.8. The molecule has 1 amide bonds. The minimum atomic E-state index is -0.0883. The Hall–Kier alpha value is -3.08. The molecule has 0 fully saturated rings. The fraction of sp³-hybridized carbons (Fsp3) is 0.200. The second-order valence-corrected chi connectivity index (χ2v) is 5.56. The molecule has 0 atom stereocenters. The number of nitrogens with zero attached hydrogens (tertiary/aromatic N) is 1. The number of carbonyl (C=O) groups excluding carboxylic acids is 1. The van der Waals surface area contributed by atoms with Crippen LogP contribution in [0.5, 0.6) is 5.75 Å². The molecular weight excluding hydrogens is 316 g/mol. The number of para-hydroxylation sites is 1. The molecule has 1 N–H and O–H groups in total. The third-order valence-corrected chi connectivity index (χ3v) is 3.74. The Bertz CT molecular complexity index is 839. The Kier molecular flexibility index (Phi) is 5.14. The highest BCUT2D eigenvalue weighted by Gasteiger charge is 2.13. The van der Waals surface area contributed by atoms with Crippen molar-refractivity contribution in [3.05, 3.63) is 71.6 Å². The topological polar surface area (TPSA) is 64.4 Å². The summed E-state index contributed by atoms with van der Waals surface area (Å²) in [6, 6.07) is 16.8. The van der Waals surface area contributed by atoms with Gasteiger partial charge in [-0.3, -0.25) is 4.79 Å². The summed E-state index contributed by atoms with van der Waals surface area (Å²) >= 11 is 0. The summed E-state index contributed by atoms with van der Waals surface area (Å²) in [5.41, 5.74) is 2.19. The predicted octanol–water partition coefficient (Wildman–Crippen LogP) is 3.98. The molecule has 128 valence electrons. The van der Waals surface area contributed by atoms with Crippen molar-refractivity contribution in [2.45, 2.75) is 20.5 Å². The molecule has 5 heteroatoms. The van der Waals surface area contributed by atoms with Gasteiger partial charge in [-0.1, -0.05) is 18.2 Å². The average Bonchev–Trinajstić information content (AvgIpc) is 3.02. The van der Waals surface area contributed by atoms with Gasteiger partial charge in [-0.05, 0) is 50.2 Å². The molecule has 25 heavy (non-hydrogen) atoms. The number of aromatic nitrogens is 1. The lowest BCUT2D eigenvalue weighted by Gasteiger charge is -2.03. The highest BCUT2D eigenvalue weighted by molar-refractivity contribution is 5.94. The molecule has 5 nitrogen and oxygen atoms in total. The first-order valence-corrected chi connectivity index (χ1v) is 8.20. The van der Waals surface area contributed by atoms with E-state index >= 15 is 0 Å². The van der Waals surface area contributed by atoms with Crippen molar-refractivity contribution in [2.75, 3.05) is 6.54 Å². The molecule has 2 aromatic carbocycles. The van der Waals surface area contributed by atoms with Crippen molar-refractivity contribution in [3.8, 4) is 17.2 Å². The average molecular weight is 336 g/mol. The lowest BCUT2D eigenvalue weighted by atomic mass is 10.1. The predicted molar refractivity (Wildman–Crippen MR) is 95.5 cm³/mol. The molecule has 0 saturated heterocycles. The monoisotopic (exact) mass is 336 g/mol. The van der Waals surface area contributed by atoms with Crippen molar-refractivity contribution in [3.63, 3.8) is 0 Å². The van der Waals surface area contributed by atoms with E-state index in [0.717, 1.165) is 22.8 Å². The van der Waals surface area contributed by atoms with Crippen LogP contribution < -0.4 is 10.1 Å². The normalized spacial score (nSPS) is 10.5. The summed E-state index contributed by atoms with van der Waals surface area (Å²) in [6.07, 6.45) is 0. The Balaban J connectivity index is 1.72. The summed E-state index contributed by atoms with van der Waals surface area (Å²) in [5, 5.41) is 2.77. The molecule has 0 unspecified atom stereocenters. The van der Waals surface area contributed by atoms with Crippen LogP contribution in [0.3, 0.4) is 0 Å². The maximum absolute atomic E-state index is 11.8.